The summed E-state index contributed by atoms with van der Waals surface area (Å²) in [5.41, 5.74) is -0.643. The Labute approximate surface area is 108 Å². The van der Waals surface area contributed by atoms with Crippen molar-refractivity contribution < 1.29 is 4.79 Å². The van der Waals surface area contributed by atoms with E-state index < -0.39 is 5.54 Å². The summed E-state index contributed by atoms with van der Waals surface area (Å²) in [5, 5.41) is 12.2. The molecule has 0 aromatic heterocycles. The van der Waals surface area contributed by atoms with E-state index in [4.69, 9.17) is 0 Å². The van der Waals surface area contributed by atoms with E-state index in [1.54, 1.807) is 11.8 Å². The molecule has 1 saturated heterocycles. The van der Waals surface area contributed by atoms with Crippen LogP contribution >= 0.6 is 11.8 Å². The third-order valence-corrected chi connectivity index (χ3v) is 4.11. The lowest BCUT2D eigenvalue weighted by Gasteiger charge is -2.36. The Morgan fingerprint density at radius 3 is 2.65 bits per heavy atom. The van der Waals surface area contributed by atoms with Gasteiger partial charge >= 0.3 is 0 Å². The van der Waals surface area contributed by atoms with Gasteiger partial charge in [-0.2, -0.15) is 17.0 Å². The summed E-state index contributed by atoms with van der Waals surface area (Å²) in [6.07, 6.45) is 3.43. The second kappa shape index (κ2) is 6.27. The summed E-state index contributed by atoms with van der Waals surface area (Å²) in [6.45, 7) is 3.64. The molecule has 1 aliphatic heterocycles. The van der Waals surface area contributed by atoms with Crippen molar-refractivity contribution >= 4 is 17.7 Å². The Morgan fingerprint density at radius 2 is 2.18 bits per heavy atom. The minimum Gasteiger partial charge on any atom is -0.337 e. The quantitative estimate of drug-likeness (QED) is 0.817. The van der Waals surface area contributed by atoms with Crippen LogP contribution in [0.5, 0.6) is 0 Å². The van der Waals surface area contributed by atoms with Gasteiger partial charge in [-0.25, -0.2) is 0 Å². The zero-order valence-electron chi connectivity index (χ0n) is 10.8. The number of carbonyl (C=O) groups is 1. The Kier molecular flexibility index (Phi) is 5.29. The van der Waals surface area contributed by atoms with Crippen molar-refractivity contribution in [2.24, 2.45) is 5.92 Å². The molecule has 17 heavy (non-hydrogen) atoms. The fraction of sp³-hybridized carbons (Fsp3) is 0.833. The molecule has 1 amide bonds. The van der Waals surface area contributed by atoms with E-state index in [1.165, 1.54) is 0 Å². The van der Waals surface area contributed by atoms with E-state index in [2.05, 4.69) is 16.3 Å². The molecular formula is C12H21N3OS. The van der Waals surface area contributed by atoms with Gasteiger partial charge in [-0.15, -0.1) is 0 Å². The van der Waals surface area contributed by atoms with E-state index in [0.29, 0.717) is 0 Å². The summed E-state index contributed by atoms with van der Waals surface area (Å²) >= 11 is 1.66. The second-order valence-corrected chi connectivity index (χ2v) is 5.75. The normalized spacial score (nSPS) is 21.5. The molecule has 0 aromatic carbocycles. The zero-order chi connectivity index (χ0) is 12.9. The number of hydrogen-bond acceptors (Lipinski definition) is 4. The number of rotatable bonds is 4. The van der Waals surface area contributed by atoms with Gasteiger partial charge < -0.3 is 10.2 Å². The van der Waals surface area contributed by atoms with Crippen LogP contribution in [0.4, 0.5) is 0 Å². The van der Waals surface area contributed by atoms with Crippen molar-refractivity contribution in [2.45, 2.75) is 25.3 Å². The Morgan fingerprint density at radius 1 is 1.59 bits per heavy atom. The highest BCUT2D eigenvalue weighted by Gasteiger charge is 2.36. The lowest BCUT2D eigenvalue weighted by Crippen LogP contribution is -2.55. The molecule has 1 N–H and O–H groups in total. The first-order chi connectivity index (χ1) is 8.03. The van der Waals surface area contributed by atoms with Crippen LogP contribution in [0.1, 0.15) is 19.8 Å². The first-order valence-electron chi connectivity index (χ1n) is 5.94. The van der Waals surface area contributed by atoms with Crippen LogP contribution < -0.4 is 5.32 Å². The highest BCUT2D eigenvalue weighted by molar-refractivity contribution is 7.98. The molecule has 1 aliphatic rings. The molecule has 96 valence electrons. The monoisotopic (exact) mass is 255 g/mol. The first kappa shape index (κ1) is 14.3. The number of nitrogens with zero attached hydrogens (tertiary/aromatic N) is 2. The predicted molar refractivity (Wildman–Crippen MR) is 70.8 cm³/mol. The number of nitrogens with one attached hydrogen (secondary N) is 1. The number of hydrogen-bond donors (Lipinski definition) is 1. The summed E-state index contributed by atoms with van der Waals surface area (Å²) in [6, 6.07) is 2.30. The van der Waals surface area contributed by atoms with Gasteiger partial charge in [-0.05, 0) is 26.1 Å². The van der Waals surface area contributed by atoms with Gasteiger partial charge in [-0.3, -0.25) is 4.79 Å². The Bertz CT molecular complexity index is 305. The van der Waals surface area contributed by atoms with Crippen LogP contribution in [-0.2, 0) is 4.79 Å². The number of piperidine rings is 1. The van der Waals surface area contributed by atoms with Gasteiger partial charge in [0.25, 0.3) is 0 Å². The van der Waals surface area contributed by atoms with Crippen LogP contribution in [0, 0.1) is 17.2 Å². The summed E-state index contributed by atoms with van der Waals surface area (Å²) < 4.78 is 0. The number of amides is 1. The first-order valence-corrected chi connectivity index (χ1v) is 7.33. The Hall–Kier alpha value is -0.730. The molecule has 0 aliphatic carbocycles. The molecule has 4 nitrogen and oxygen atoms in total. The largest absolute Gasteiger partial charge is 0.337 e. The van der Waals surface area contributed by atoms with E-state index in [9.17, 15) is 10.1 Å². The number of nitriles is 1. The highest BCUT2D eigenvalue weighted by atomic mass is 32.2. The van der Waals surface area contributed by atoms with E-state index in [1.807, 2.05) is 20.2 Å². The smallest absolute Gasteiger partial charge is 0.224 e. The lowest BCUT2D eigenvalue weighted by molar-refractivity contribution is -0.125. The minimum atomic E-state index is -0.643. The summed E-state index contributed by atoms with van der Waals surface area (Å²) in [7, 11) is 2.04. The number of likely N-dealkylation sites (tertiary alicyclic amines) is 1. The molecule has 1 unspecified atom stereocenters. The molecular weight excluding hydrogens is 234 g/mol. The van der Waals surface area contributed by atoms with Crippen molar-refractivity contribution in [3.05, 3.63) is 0 Å². The zero-order valence-corrected chi connectivity index (χ0v) is 11.6. The SMILES string of the molecule is CSCC(C)C(=O)NC1(C#N)CCN(C)CC1. The fourth-order valence-corrected chi connectivity index (χ4v) is 2.60. The van der Waals surface area contributed by atoms with Crippen LogP contribution in [0.15, 0.2) is 0 Å². The molecule has 0 spiro atoms. The molecule has 5 heteroatoms. The number of thioether (sulfide) groups is 1. The maximum absolute atomic E-state index is 12.0. The van der Waals surface area contributed by atoms with Crippen LogP contribution in [0.2, 0.25) is 0 Å². The van der Waals surface area contributed by atoms with Gasteiger partial charge in [0.15, 0.2) is 0 Å². The van der Waals surface area contributed by atoms with Gasteiger partial charge in [0, 0.05) is 24.8 Å². The predicted octanol–water partition coefficient (Wildman–Crippen LogP) is 1.09. The van der Waals surface area contributed by atoms with E-state index >= 15 is 0 Å². The fourth-order valence-electron chi connectivity index (χ4n) is 1.95. The average Bonchev–Trinajstić information content (AvgIpc) is 2.33. The molecule has 0 saturated carbocycles. The van der Waals surface area contributed by atoms with Gasteiger partial charge in [0.2, 0.25) is 5.91 Å². The van der Waals surface area contributed by atoms with Gasteiger partial charge in [0.1, 0.15) is 5.54 Å². The van der Waals surface area contributed by atoms with Crippen LogP contribution in [-0.4, -0.2) is 48.5 Å². The molecule has 1 fully saturated rings. The van der Waals surface area contributed by atoms with Crippen molar-refractivity contribution in [1.29, 1.82) is 5.26 Å². The van der Waals surface area contributed by atoms with Crippen LogP contribution in [0.25, 0.3) is 0 Å². The number of carbonyl (C=O) groups excluding carboxylic acids is 1. The van der Waals surface area contributed by atoms with Gasteiger partial charge in [-0.1, -0.05) is 6.92 Å². The second-order valence-electron chi connectivity index (χ2n) is 4.84. The molecule has 0 radical (unpaired) electrons. The maximum Gasteiger partial charge on any atom is 0.224 e. The molecule has 1 atom stereocenters. The van der Waals surface area contributed by atoms with E-state index in [-0.39, 0.29) is 11.8 Å². The third kappa shape index (κ3) is 3.90. The topological polar surface area (TPSA) is 56.1 Å². The molecule has 1 rings (SSSR count). The molecule has 1 heterocycles. The van der Waals surface area contributed by atoms with Crippen molar-refractivity contribution in [2.75, 3.05) is 32.1 Å². The van der Waals surface area contributed by atoms with Crippen molar-refractivity contribution in [3.63, 3.8) is 0 Å². The van der Waals surface area contributed by atoms with Crippen molar-refractivity contribution in [1.82, 2.24) is 10.2 Å². The summed E-state index contributed by atoms with van der Waals surface area (Å²) in [4.78, 5) is 14.1. The third-order valence-electron chi connectivity index (χ3n) is 3.28. The standard InChI is InChI=1S/C12H21N3OS/c1-10(8-17-3)11(16)14-12(9-13)4-6-15(2)7-5-12/h10H,4-8H2,1-3H3,(H,14,16). The minimum absolute atomic E-state index is 0.00505. The maximum atomic E-state index is 12.0. The lowest BCUT2D eigenvalue weighted by atomic mass is 9.88. The van der Waals surface area contributed by atoms with E-state index in [0.717, 1.165) is 31.7 Å². The summed E-state index contributed by atoms with van der Waals surface area (Å²) in [5.74, 6) is 0.771. The molecule has 0 aromatic rings. The van der Waals surface area contributed by atoms with Crippen LogP contribution in [0.3, 0.4) is 0 Å². The van der Waals surface area contributed by atoms with Crippen molar-refractivity contribution in [3.8, 4) is 6.07 Å². The Balaban J connectivity index is 2.58. The molecule has 0 bridgehead atoms. The van der Waals surface area contributed by atoms with Gasteiger partial charge in [0.05, 0.1) is 6.07 Å². The average molecular weight is 255 g/mol. The highest BCUT2D eigenvalue weighted by Crippen LogP contribution is 2.21.